The molecule has 22 heavy (non-hydrogen) atoms. The van der Waals surface area contributed by atoms with E-state index in [2.05, 4.69) is 27.3 Å². The highest BCUT2D eigenvalue weighted by atomic mass is 35.5. The van der Waals surface area contributed by atoms with E-state index in [9.17, 15) is 0 Å². The van der Waals surface area contributed by atoms with E-state index in [0.29, 0.717) is 0 Å². The van der Waals surface area contributed by atoms with Crippen LogP contribution in [0.5, 0.6) is 0 Å². The predicted octanol–water partition coefficient (Wildman–Crippen LogP) is 5.27. The summed E-state index contributed by atoms with van der Waals surface area (Å²) in [5.74, 6) is 0. The van der Waals surface area contributed by atoms with E-state index < -0.39 is 0 Å². The molecule has 0 saturated carbocycles. The summed E-state index contributed by atoms with van der Waals surface area (Å²) in [4.78, 5) is 6.68. The number of aromatic nitrogens is 1. The number of thiazole rings is 1. The highest BCUT2D eigenvalue weighted by Crippen LogP contribution is 2.31. The molecule has 0 fully saturated rings. The first-order valence-corrected chi connectivity index (χ1v) is 8.14. The van der Waals surface area contributed by atoms with Gasteiger partial charge in [-0.2, -0.15) is 0 Å². The van der Waals surface area contributed by atoms with Gasteiger partial charge in [0.25, 0.3) is 0 Å². The fourth-order valence-electron chi connectivity index (χ4n) is 2.09. The average Bonchev–Trinajstić information content (AvgIpc) is 2.96. The van der Waals surface area contributed by atoms with Crippen LogP contribution in [0.15, 0.2) is 53.9 Å². The highest BCUT2D eigenvalue weighted by molar-refractivity contribution is 7.14. The van der Waals surface area contributed by atoms with Crippen LogP contribution < -0.4 is 10.2 Å². The summed E-state index contributed by atoms with van der Waals surface area (Å²) in [6.07, 6.45) is 0. The summed E-state index contributed by atoms with van der Waals surface area (Å²) in [7, 11) is 4.05. The molecule has 3 rings (SSSR count). The molecule has 2 aromatic carbocycles. The van der Waals surface area contributed by atoms with Gasteiger partial charge in [0.2, 0.25) is 0 Å². The van der Waals surface area contributed by atoms with Crippen LogP contribution in [0.25, 0.3) is 11.3 Å². The molecule has 0 atom stereocenters. The summed E-state index contributed by atoms with van der Waals surface area (Å²) >= 11 is 7.78. The number of hydrogen-bond acceptors (Lipinski definition) is 4. The largest absolute Gasteiger partial charge is 0.378 e. The van der Waals surface area contributed by atoms with Crippen LogP contribution in [0.3, 0.4) is 0 Å². The molecule has 0 radical (unpaired) electrons. The van der Waals surface area contributed by atoms with Gasteiger partial charge in [0.1, 0.15) is 0 Å². The first kappa shape index (κ1) is 14.9. The van der Waals surface area contributed by atoms with E-state index in [1.165, 1.54) is 5.69 Å². The van der Waals surface area contributed by atoms with Crippen molar-refractivity contribution in [2.24, 2.45) is 0 Å². The van der Waals surface area contributed by atoms with E-state index in [-0.39, 0.29) is 0 Å². The molecule has 0 saturated heterocycles. The molecule has 0 spiro atoms. The Kier molecular flexibility index (Phi) is 4.32. The normalized spacial score (nSPS) is 10.5. The van der Waals surface area contributed by atoms with E-state index in [4.69, 9.17) is 11.6 Å². The Morgan fingerprint density at radius 2 is 1.77 bits per heavy atom. The van der Waals surface area contributed by atoms with Gasteiger partial charge in [0.05, 0.1) is 5.69 Å². The van der Waals surface area contributed by atoms with E-state index in [0.717, 1.165) is 27.1 Å². The molecule has 0 aliphatic carbocycles. The van der Waals surface area contributed by atoms with Gasteiger partial charge in [-0.05, 0) is 30.3 Å². The Hall–Kier alpha value is -2.04. The Balaban J connectivity index is 1.78. The molecule has 0 unspecified atom stereocenters. The lowest BCUT2D eigenvalue weighted by Gasteiger charge is -2.12. The SMILES string of the molecule is CN(C)c1ccc(Nc2nc(-c3ccccc3Cl)cs2)cc1. The van der Waals surface area contributed by atoms with Crippen LogP contribution in [0.1, 0.15) is 0 Å². The van der Waals surface area contributed by atoms with Gasteiger partial charge in [-0.3, -0.25) is 0 Å². The smallest absolute Gasteiger partial charge is 0.187 e. The number of benzene rings is 2. The molecule has 0 amide bonds. The molecular weight excluding hydrogens is 314 g/mol. The van der Waals surface area contributed by atoms with Gasteiger partial charge in [0.15, 0.2) is 5.13 Å². The summed E-state index contributed by atoms with van der Waals surface area (Å²) in [5.41, 5.74) is 4.03. The number of nitrogens with zero attached hydrogens (tertiary/aromatic N) is 2. The summed E-state index contributed by atoms with van der Waals surface area (Å²) in [6, 6.07) is 16.0. The van der Waals surface area contributed by atoms with Crippen molar-refractivity contribution in [2.75, 3.05) is 24.3 Å². The van der Waals surface area contributed by atoms with Crippen molar-refractivity contribution >= 4 is 39.4 Å². The second-order valence-corrected chi connectivity index (χ2v) is 6.35. The van der Waals surface area contributed by atoms with Crippen molar-refractivity contribution in [3.63, 3.8) is 0 Å². The second kappa shape index (κ2) is 6.38. The maximum absolute atomic E-state index is 6.21. The van der Waals surface area contributed by atoms with Gasteiger partial charge < -0.3 is 10.2 Å². The Morgan fingerprint density at radius 3 is 2.45 bits per heavy atom. The molecule has 0 aliphatic rings. The highest BCUT2D eigenvalue weighted by Gasteiger charge is 2.08. The van der Waals surface area contributed by atoms with Crippen molar-refractivity contribution in [1.29, 1.82) is 0 Å². The lowest BCUT2D eigenvalue weighted by atomic mass is 10.2. The summed E-state index contributed by atoms with van der Waals surface area (Å²) in [5, 5.41) is 6.91. The van der Waals surface area contributed by atoms with Crippen LogP contribution in [-0.2, 0) is 0 Å². The number of hydrogen-bond donors (Lipinski definition) is 1. The third-order valence-electron chi connectivity index (χ3n) is 3.29. The van der Waals surface area contributed by atoms with Gasteiger partial charge >= 0.3 is 0 Å². The number of nitrogens with one attached hydrogen (secondary N) is 1. The standard InChI is InChI=1S/C17H16ClN3S/c1-21(2)13-9-7-12(8-10-13)19-17-20-16(11-22-17)14-5-3-4-6-15(14)18/h3-11H,1-2H3,(H,19,20). The van der Waals surface area contributed by atoms with Crippen molar-refractivity contribution in [1.82, 2.24) is 4.98 Å². The topological polar surface area (TPSA) is 28.2 Å². The third kappa shape index (κ3) is 3.24. The van der Waals surface area contributed by atoms with Crippen LogP contribution in [0, 0.1) is 0 Å². The minimum Gasteiger partial charge on any atom is -0.378 e. The monoisotopic (exact) mass is 329 g/mol. The first-order chi connectivity index (χ1) is 10.6. The van der Waals surface area contributed by atoms with Gasteiger partial charge in [-0.25, -0.2) is 4.98 Å². The third-order valence-corrected chi connectivity index (χ3v) is 4.38. The van der Waals surface area contributed by atoms with E-state index >= 15 is 0 Å². The van der Waals surface area contributed by atoms with E-state index in [1.807, 2.05) is 55.9 Å². The number of rotatable bonds is 4. The van der Waals surface area contributed by atoms with Crippen molar-refractivity contribution in [3.05, 3.63) is 58.9 Å². The molecule has 3 nitrogen and oxygen atoms in total. The molecule has 1 N–H and O–H groups in total. The van der Waals surface area contributed by atoms with Gasteiger partial charge in [0, 0.05) is 41.4 Å². The minimum absolute atomic E-state index is 0.717. The fourth-order valence-corrected chi connectivity index (χ4v) is 3.05. The zero-order chi connectivity index (χ0) is 15.5. The molecular formula is C17H16ClN3S. The Morgan fingerprint density at radius 1 is 1.05 bits per heavy atom. The molecule has 112 valence electrons. The molecule has 1 aromatic heterocycles. The number of anilines is 3. The quantitative estimate of drug-likeness (QED) is 0.706. The molecule has 0 bridgehead atoms. The minimum atomic E-state index is 0.717. The van der Waals surface area contributed by atoms with Crippen molar-refractivity contribution in [3.8, 4) is 11.3 Å². The zero-order valence-electron chi connectivity index (χ0n) is 12.4. The predicted molar refractivity (Wildman–Crippen MR) is 96.6 cm³/mol. The summed E-state index contributed by atoms with van der Waals surface area (Å²) < 4.78 is 0. The second-order valence-electron chi connectivity index (χ2n) is 5.08. The Bertz CT molecular complexity index is 766. The summed E-state index contributed by atoms with van der Waals surface area (Å²) in [6.45, 7) is 0. The lowest BCUT2D eigenvalue weighted by molar-refractivity contribution is 1.13. The molecule has 3 aromatic rings. The van der Waals surface area contributed by atoms with Crippen LogP contribution in [0.4, 0.5) is 16.5 Å². The molecule has 1 heterocycles. The maximum Gasteiger partial charge on any atom is 0.187 e. The van der Waals surface area contributed by atoms with Crippen molar-refractivity contribution < 1.29 is 0 Å². The molecule has 0 aliphatic heterocycles. The maximum atomic E-state index is 6.21. The van der Waals surface area contributed by atoms with Crippen molar-refractivity contribution in [2.45, 2.75) is 0 Å². The van der Waals surface area contributed by atoms with Gasteiger partial charge in [-0.1, -0.05) is 29.8 Å². The van der Waals surface area contributed by atoms with Crippen LogP contribution >= 0.6 is 22.9 Å². The van der Waals surface area contributed by atoms with E-state index in [1.54, 1.807) is 11.3 Å². The van der Waals surface area contributed by atoms with Crippen LogP contribution in [0.2, 0.25) is 5.02 Å². The number of halogens is 1. The Labute approximate surface area is 139 Å². The van der Waals surface area contributed by atoms with Gasteiger partial charge in [-0.15, -0.1) is 11.3 Å². The molecule has 5 heteroatoms. The lowest BCUT2D eigenvalue weighted by Crippen LogP contribution is -2.08. The average molecular weight is 330 g/mol. The van der Waals surface area contributed by atoms with Crippen LogP contribution in [-0.4, -0.2) is 19.1 Å². The first-order valence-electron chi connectivity index (χ1n) is 6.88. The fraction of sp³-hybridized carbons (Fsp3) is 0.118. The zero-order valence-corrected chi connectivity index (χ0v) is 13.9.